The van der Waals surface area contributed by atoms with Gasteiger partial charge in [-0.15, -0.1) is 0 Å². The molecule has 0 unspecified atom stereocenters. The van der Waals surface area contributed by atoms with Gasteiger partial charge < -0.3 is 16.2 Å². The molecule has 114 valence electrons. The monoisotopic (exact) mass is 272 g/mol. The van der Waals surface area contributed by atoms with Crippen LogP contribution in [0.15, 0.2) is 0 Å². The van der Waals surface area contributed by atoms with Gasteiger partial charge in [0.25, 0.3) is 0 Å². The third kappa shape index (κ3) is 9.91. The summed E-state index contributed by atoms with van der Waals surface area (Å²) in [5.41, 5.74) is 5.75. The van der Waals surface area contributed by atoms with E-state index in [1.165, 1.54) is 0 Å². The van der Waals surface area contributed by atoms with Gasteiger partial charge in [0.2, 0.25) is 5.91 Å². The maximum Gasteiger partial charge on any atom is 0.220 e. The summed E-state index contributed by atoms with van der Waals surface area (Å²) in [5.74, 6) is 0.941. The first-order chi connectivity index (χ1) is 8.80. The van der Waals surface area contributed by atoms with Crippen molar-refractivity contribution >= 4 is 5.91 Å². The molecular formula is C15H32N2O2. The van der Waals surface area contributed by atoms with Gasteiger partial charge in [-0.05, 0) is 43.1 Å². The third-order valence-corrected chi connectivity index (χ3v) is 3.39. The molecule has 0 aromatic carbocycles. The summed E-state index contributed by atoms with van der Waals surface area (Å²) in [6.07, 6.45) is 3.21. The summed E-state index contributed by atoms with van der Waals surface area (Å²) in [7, 11) is 0. The second-order valence-corrected chi connectivity index (χ2v) is 6.70. The molecule has 0 bridgehead atoms. The summed E-state index contributed by atoms with van der Waals surface area (Å²) in [4.78, 5) is 11.9. The predicted molar refractivity (Wildman–Crippen MR) is 79.7 cm³/mol. The number of aliphatic hydroxyl groups is 1. The number of aliphatic hydroxyl groups excluding tert-OH is 1. The van der Waals surface area contributed by atoms with Gasteiger partial charge in [0.05, 0.1) is 0 Å². The van der Waals surface area contributed by atoms with Gasteiger partial charge in [0.1, 0.15) is 0 Å². The van der Waals surface area contributed by atoms with E-state index in [4.69, 9.17) is 10.8 Å². The van der Waals surface area contributed by atoms with Crippen molar-refractivity contribution in [3.63, 3.8) is 0 Å². The van der Waals surface area contributed by atoms with Crippen LogP contribution < -0.4 is 11.1 Å². The smallest absolute Gasteiger partial charge is 0.220 e. The highest BCUT2D eigenvalue weighted by molar-refractivity contribution is 5.76. The molecule has 0 aromatic heterocycles. The van der Waals surface area contributed by atoms with E-state index in [1.54, 1.807) is 0 Å². The summed E-state index contributed by atoms with van der Waals surface area (Å²) >= 11 is 0. The van der Waals surface area contributed by atoms with Gasteiger partial charge >= 0.3 is 0 Å². The average Bonchev–Trinajstić information content (AvgIpc) is 2.33. The number of carbonyl (C=O) groups excluding carboxylic acids is 1. The number of carbonyl (C=O) groups is 1. The van der Waals surface area contributed by atoms with Crippen molar-refractivity contribution in [1.82, 2.24) is 5.32 Å². The number of hydrogen-bond acceptors (Lipinski definition) is 3. The molecular weight excluding hydrogens is 240 g/mol. The molecule has 19 heavy (non-hydrogen) atoms. The number of hydrogen-bond donors (Lipinski definition) is 3. The lowest BCUT2D eigenvalue weighted by molar-refractivity contribution is -0.122. The summed E-state index contributed by atoms with van der Waals surface area (Å²) in [5, 5.41) is 11.8. The van der Waals surface area contributed by atoms with E-state index in [0.29, 0.717) is 25.4 Å². The van der Waals surface area contributed by atoms with Crippen LogP contribution in [-0.4, -0.2) is 30.7 Å². The maximum absolute atomic E-state index is 11.9. The summed E-state index contributed by atoms with van der Waals surface area (Å²) in [6.45, 7) is 9.96. The van der Waals surface area contributed by atoms with Gasteiger partial charge in [0, 0.05) is 19.6 Å². The first kappa shape index (κ1) is 18.4. The Labute approximate surface area is 118 Å². The SMILES string of the molecule is CC(C)C[C@H](CN)CC(=O)NCC(C)(C)CCCO. The number of amides is 1. The molecule has 4 N–H and O–H groups in total. The maximum atomic E-state index is 11.9. The Kier molecular flexibility index (Phi) is 9.02. The lowest BCUT2D eigenvalue weighted by Crippen LogP contribution is -2.36. The number of nitrogens with two attached hydrogens (primary N) is 1. The van der Waals surface area contributed by atoms with Crippen LogP contribution in [0, 0.1) is 17.3 Å². The number of rotatable bonds is 10. The van der Waals surface area contributed by atoms with Crippen molar-refractivity contribution in [3.05, 3.63) is 0 Å². The standard InChI is InChI=1S/C15H32N2O2/c1-12(2)8-13(10-16)9-14(19)17-11-15(3,4)6-5-7-18/h12-13,18H,5-11,16H2,1-4H3,(H,17,19)/t13-/m0/s1. The zero-order valence-electron chi connectivity index (χ0n) is 13.0. The second kappa shape index (κ2) is 9.32. The van der Waals surface area contributed by atoms with Crippen LogP contribution in [0.2, 0.25) is 0 Å². The van der Waals surface area contributed by atoms with E-state index < -0.39 is 0 Å². The zero-order chi connectivity index (χ0) is 14.9. The first-order valence-electron chi connectivity index (χ1n) is 7.38. The molecule has 0 spiro atoms. The molecule has 0 heterocycles. The van der Waals surface area contributed by atoms with Gasteiger partial charge in [-0.1, -0.05) is 27.7 Å². The molecule has 0 fully saturated rings. The van der Waals surface area contributed by atoms with Crippen molar-refractivity contribution in [2.75, 3.05) is 19.7 Å². The van der Waals surface area contributed by atoms with Crippen molar-refractivity contribution in [2.24, 2.45) is 23.0 Å². The van der Waals surface area contributed by atoms with Crippen molar-refractivity contribution in [3.8, 4) is 0 Å². The van der Waals surface area contributed by atoms with Crippen molar-refractivity contribution in [2.45, 2.75) is 53.4 Å². The lowest BCUT2D eigenvalue weighted by atomic mass is 9.87. The minimum absolute atomic E-state index is 0.0364. The predicted octanol–water partition coefficient (Wildman–Crippen LogP) is 1.91. The fourth-order valence-electron chi connectivity index (χ4n) is 2.25. The minimum Gasteiger partial charge on any atom is -0.396 e. The molecule has 0 aromatic rings. The second-order valence-electron chi connectivity index (χ2n) is 6.70. The Hall–Kier alpha value is -0.610. The zero-order valence-corrected chi connectivity index (χ0v) is 13.0. The van der Waals surface area contributed by atoms with E-state index in [1.807, 2.05) is 0 Å². The highest BCUT2D eigenvalue weighted by atomic mass is 16.2. The van der Waals surface area contributed by atoms with Crippen LogP contribution in [-0.2, 0) is 4.79 Å². The van der Waals surface area contributed by atoms with Crippen LogP contribution in [0.25, 0.3) is 0 Å². The van der Waals surface area contributed by atoms with Crippen LogP contribution in [0.1, 0.15) is 53.4 Å². The fraction of sp³-hybridized carbons (Fsp3) is 0.933. The molecule has 0 saturated carbocycles. The molecule has 1 amide bonds. The average molecular weight is 272 g/mol. The van der Waals surface area contributed by atoms with E-state index in [2.05, 4.69) is 33.0 Å². The quantitative estimate of drug-likeness (QED) is 0.568. The van der Waals surface area contributed by atoms with E-state index in [-0.39, 0.29) is 23.8 Å². The fourth-order valence-corrected chi connectivity index (χ4v) is 2.25. The van der Waals surface area contributed by atoms with E-state index in [9.17, 15) is 4.79 Å². The molecule has 4 nitrogen and oxygen atoms in total. The molecule has 4 heteroatoms. The highest BCUT2D eigenvalue weighted by Crippen LogP contribution is 2.21. The Balaban J connectivity index is 4.02. The molecule has 1 atom stereocenters. The molecule has 0 aliphatic rings. The highest BCUT2D eigenvalue weighted by Gasteiger charge is 2.20. The third-order valence-electron chi connectivity index (χ3n) is 3.39. The van der Waals surface area contributed by atoms with Gasteiger partial charge in [-0.25, -0.2) is 0 Å². The topological polar surface area (TPSA) is 75.4 Å². The Morgan fingerprint density at radius 2 is 2.00 bits per heavy atom. The Morgan fingerprint density at radius 1 is 1.37 bits per heavy atom. The van der Waals surface area contributed by atoms with Crippen LogP contribution >= 0.6 is 0 Å². The van der Waals surface area contributed by atoms with E-state index >= 15 is 0 Å². The van der Waals surface area contributed by atoms with Gasteiger partial charge in [0.15, 0.2) is 0 Å². The minimum atomic E-state index is 0.0364. The molecule has 0 aliphatic carbocycles. The van der Waals surface area contributed by atoms with Crippen LogP contribution in [0.5, 0.6) is 0 Å². The summed E-state index contributed by atoms with van der Waals surface area (Å²) < 4.78 is 0. The molecule has 0 rings (SSSR count). The van der Waals surface area contributed by atoms with E-state index in [0.717, 1.165) is 19.3 Å². The Bertz CT molecular complexity index is 253. The molecule has 0 radical (unpaired) electrons. The van der Waals surface area contributed by atoms with Gasteiger partial charge in [-0.2, -0.15) is 0 Å². The molecule has 0 saturated heterocycles. The van der Waals surface area contributed by atoms with Crippen molar-refractivity contribution in [1.29, 1.82) is 0 Å². The van der Waals surface area contributed by atoms with Gasteiger partial charge in [-0.3, -0.25) is 4.79 Å². The number of nitrogens with one attached hydrogen (secondary N) is 1. The summed E-state index contributed by atoms with van der Waals surface area (Å²) in [6, 6.07) is 0. The van der Waals surface area contributed by atoms with Crippen molar-refractivity contribution < 1.29 is 9.90 Å². The first-order valence-corrected chi connectivity index (χ1v) is 7.38. The Morgan fingerprint density at radius 3 is 2.47 bits per heavy atom. The largest absolute Gasteiger partial charge is 0.396 e. The normalized spacial score (nSPS) is 13.6. The lowest BCUT2D eigenvalue weighted by Gasteiger charge is -2.25. The van der Waals surface area contributed by atoms with Crippen LogP contribution in [0.3, 0.4) is 0 Å². The van der Waals surface area contributed by atoms with Crippen LogP contribution in [0.4, 0.5) is 0 Å². The molecule has 0 aliphatic heterocycles.